The van der Waals surface area contributed by atoms with Gasteiger partial charge in [0, 0.05) is 20.0 Å². The number of thiophene rings is 1. The molecule has 0 aliphatic heterocycles. The zero-order valence-corrected chi connectivity index (χ0v) is 28.3. The van der Waals surface area contributed by atoms with E-state index in [0.29, 0.717) is 85.1 Å². The monoisotopic (exact) mass is 628 g/mol. The predicted octanol–water partition coefficient (Wildman–Crippen LogP) is 4.44. The fraction of sp³-hybridized carbons (Fsp3) is 0.581. The van der Waals surface area contributed by atoms with Crippen molar-refractivity contribution in [2.24, 2.45) is 10.2 Å². The lowest BCUT2D eigenvalue weighted by atomic mass is 10.2. The molecule has 240 valence electrons. The molecule has 0 atom stereocenters. The third-order valence-electron chi connectivity index (χ3n) is 6.43. The Hall–Kier alpha value is -3.43. The lowest BCUT2D eigenvalue weighted by Crippen LogP contribution is -2.38. The molecule has 1 aromatic carbocycles. The predicted molar refractivity (Wildman–Crippen MR) is 174 cm³/mol. The van der Waals surface area contributed by atoms with Crippen LogP contribution in [0.3, 0.4) is 0 Å². The number of hydrogen-bond donors (Lipinski definition) is 1. The van der Waals surface area contributed by atoms with Gasteiger partial charge in [-0.1, -0.05) is 0 Å². The number of carbonyl (C=O) groups is 1. The average Bonchev–Trinajstić information content (AvgIpc) is 3.24. The van der Waals surface area contributed by atoms with Crippen molar-refractivity contribution in [1.29, 1.82) is 10.5 Å². The number of azo groups is 1. The summed E-state index contributed by atoms with van der Waals surface area (Å²) in [6.07, 6.45) is 0. The summed E-state index contributed by atoms with van der Waals surface area (Å²) in [5.41, 5.74) is 2.80. The molecule has 0 saturated carbocycles. The van der Waals surface area contributed by atoms with Gasteiger partial charge >= 0.3 is 0 Å². The fourth-order valence-electron chi connectivity index (χ4n) is 3.86. The second kappa shape index (κ2) is 17.8. The minimum absolute atomic E-state index is 0.221. The summed E-state index contributed by atoms with van der Waals surface area (Å²) in [5.74, 6) is -0.221. The van der Waals surface area contributed by atoms with Gasteiger partial charge in [-0.05, 0) is 30.7 Å². The fourth-order valence-corrected chi connectivity index (χ4v) is 4.74. The number of hydrogen-bond acceptors (Lipinski definition) is 10. The van der Waals surface area contributed by atoms with Crippen LogP contribution in [-0.2, 0) is 19.0 Å². The van der Waals surface area contributed by atoms with E-state index in [0.717, 1.165) is 39.1 Å². The molecule has 0 spiro atoms. The minimum atomic E-state index is -0.221. The van der Waals surface area contributed by atoms with Crippen LogP contribution in [0.1, 0.15) is 22.9 Å². The van der Waals surface area contributed by atoms with Crippen molar-refractivity contribution in [2.45, 2.75) is 13.8 Å². The van der Waals surface area contributed by atoms with E-state index in [-0.39, 0.29) is 5.91 Å². The topological polar surface area (TPSA) is 132 Å². The quantitative estimate of drug-likeness (QED) is 0.138. The van der Waals surface area contributed by atoms with E-state index in [2.05, 4.69) is 74.9 Å². The Balaban J connectivity index is 2.18. The zero-order chi connectivity index (χ0) is 32.8. The summed E-state index contributed by atoms with van der Waals surface area (Å²) in [4.78, 5) is 14.7. The Morgan fingerprint density at radius 1 is 0.886 bits per heavy atom. The van der Waals surface area contributed by atoms with Gasteiger partial charge in [-0.2, -0.15) is 10.5 Å². The van der Waals surface area contributed by atoms with Gasteiger partial charge in [-0.25, -0.2) is 0 Å². The van der Waals surface area contributed by atoms with Crippen molar-refractivity contribution in [2.75, 3.05) is 118 Å². The molecule has 0 unspecified atom stereocenters. The Kier molecular flexibility index (Phi) is 14.8. The number of quaternary nitrogens is 2. The van der Waals surface area contributed by atoms with Gasteiger partial charge in [0.15, 0.2) is 5.00 Å². The van der Waals surface area contributed by atoms with Crippen molar-refractivity contribution < 1.29 is 28.0 Å². The Labute approximate surface area is 266 Å². The molecular weight excluding hydrogens is 580 g/mol. The third-order valence-corrected chi connectivity index (χ3v) is 7.51. The molecule has 1 heterocycles. The number of benzene rings is 1. The molecule has 0 saturated heterocycles. The minimum Gasteiger partial charge on any atom is -0.377 e. The van der Waals surface area contributed by atoms with Crippen molar-refractivity contribution in [3.63, 3.8) is 0 Å². The molecule has 2 aromatic rings. The Bertz CT molecular complexity index is 1330. The Morgan fingerprint density at radius 3 is 1.98 bits per heavy atom. The van der Waals surface area contributed by atoms with Crippen molar-refractivity contribution >= 4 is 39.3 Å². The molecule has 1 N–H and O–H groups in total. The van der Waals surface area contributed by atoms with E-state index in [1.54, 1.807) is 19.1 Å². The number of amides is 1. The first kappa shape index (κ1) is 36.8. The maximum Gasteiger partial charge on any atom is 0.221 e. The number of nitrogens with zero attached hydrogens (tertiary/aromatic N) is 7. The number of anilines is 2. The first-order chi connectivity index (χ1) is 20.7. The second-order valence-electron chi connectivity index (χ2n) is 12.4. The number of ether oxygens (including phenoxy) is 3. The first-order valence-corrected chi connectivity index (χ1v) is 15.4. The molecule has 0 aliphatic rings. The maximum atomic E-state index is 12.2. The highest BCUT2D eigenvalue weighted by molar-refractivity contribution is 7.16. The summed E-state index contributed by atoms with van der Waals surface area (Å²) in [5, 5.41) is 30.7. The molecule has 12 nitrogen and oxygen atoms in total. The van der Waals surface area contributed by atoms with E-state index >= 15 is 0 Å². The molecule has 1 amide bonds. The van der Waals surface area contributed by atoms with Gasteiger partial charge in [0.05, 0.1) is 105 Å². The van der Waals surface area contributed by atoms with Gasteiger partial charge in [-0.15, -0.1) is 21.6 Å². The molecular formula is C31H48N8O4S+2. The molecule has 44 heavy (non-hydrogen) atoms. The molecule has 0 bridgehead atoms. The van der Waals surface area contributed by atoms with E-state index in [9.17, 15) is 15.3 Å². The molecule has 0 aliphatic carbocycles. The van der Waals surface area contributed by atoms with Gasteiger partial charge in [0.25, 0.3) is 0 Å². The van der Waals surface area contributed by atoms with Crippen LogP contribution in [-0.4, -0.2) is 123 Å². The maximum absolute atomic E-state index is 12.2. The highest BCUT2D eigenvalue weighted by Gasteiger charge is 2.17. The van der Waals surface area contributed by atoms with E-state index in [1.165, 1.54) is 6.92 Å². The summed E-state index contributed by atoms with van der Waals surface area (Å²) < 4.78 is 19.2. The van der Waals surface area contributed by atoms with Gasteiger partial charge in [-0.3, -0.25) is 4.79 Å². The number of carbonyl (C=O) groups excluding carboxylic acids is 1. The zero-order valence-electron chi connectivity index (χ0n) is 27.5. The van der Waals surface area contributed by atoms with Crippen molar-refractivity contribution in [3.05, 3.63) is 34.2 Å². The standard InChI is InChI=1S/C31H47N8O4S/c1-24-27(22-32)31(44-30(24)23-33)36-35-26-9-10-29(28(21-26)34-25(2)40)37(11-15-41-17-13-38(3,4)5)12-16-42-19-20-43-18-14-39(6,7)8/h9-10,21H,11-20H2,1-8H3/q+1/p+1/b36-35+. The van der Waals surface area contributed by atoms with E-state index in [4.69, 9.17) is 14.2 Å². The van der Waals surface area contributed by atoms with Crippen LogP contribution < -0.4 is 10.2 Å². The normalized spacial score (nSPS) is 11.9. The van der Waals surface area contributed by atoms with Gasteiger partial charge < -0.3 is 33.4 Å². The van der Waals surface area contributed by atoms with E-state index in [1.807, 2.05) is 6.07 Å². The van der Waals surface area contributed by atoms with Crippen LogP contribution in [0.25, 0.3) is 0 Å². The summed E-state index contributed by atoms with van der Waals surface area (Å²) in [6, 6.07) is 9.62. The van der Waals surface area contributed by atoms with Gasteiger partial charge in [0.2, 0.25) is 5.91 Å². The largest absolute Gasteiger partial charge is 0.377 e. The smallest absolute Gasteiger partial charge is 0.221 e. The average molecular weight is 629 g/mol. The van der Waals surface area contributed by atoms with Crippen LogP contribution in [0.15, 0.2) is 28.4 Å². The number of rotatable bonds is 19. The second-order valence-corrected chi connectivity index (χ2v) is 13.4. The molecule has 0 radical (unpaired) electrons. The summed E-state index contributed by atoms with van der Waals surface area (Å²) in [7, 11) is 12.8. The van der Waals surface area contributed by atoms with Crippen molar-refractivity contribution in [3.8, 4) is 12.1 Å². The number of nitrogens with one attached hydrogen (secondary N) is 1. The summed E-state index contributed by atoms with van der Waals surface area (Å²) >= 11 is 1.12. The van der Waals surface area contributed by atoms with Crippen LogP contribution in [0, 0.1) is 29.6 Å². The molecule has 1 aromatic heterocycles. The number of nitriles is 2. The SMILES string of the molecule is CC(=O)Nc1cc(/N=N/c2sc(C#N)c(C)c2C#N)ccc1N(CCOCCOCC[N+](C)(C)C)CCOCC[N+](C)(C)C. The van der Waals surface area contributed by atoms with Gasteiger partial charge in [0.1, 0.15) is 30.1 Å². The van der Waals surface area contributed by atoms with Crippen LogP contribution in [0.4, 0.5) is 22.1 Å². The first-order valence-electron chi connectivity index (χ1n) is 14.6. The third kappa shape index (κ3) is 13.5. The van der Waals surface area contributed by atoms with Crippen LogP contribution >= 0.6 is 11.3 Å². The molecule has 13 heteroatoms. The van der Waals surface area contributed by atoms with Crippen LogP contribution in [0.5, 0.6) is 0 Å². The van der Waals surface area contributed by atoms with Crippen molar-refractivity contribution in [1.82, 2.24) is 0 Å². The van der Waals surface area contributed by atoms with E-state index < -0.39 is 0 Å². The highest BCUT2D eigenvalue weighted by atomic mass is 32.1. The Morgan fingerprint density at radius 2 is 1.45 bits per heavy atom. The highest BCUT2D eigenvalue weighted by Crippen LogP contribution is 2.36. The molecule has 0 fully saturated rings. The number of likely N-dealkylation sites (N-methyl/N-ethyl adjacent to an activating group) is 2. The molecule has 2 rings (SSSR count). The lowest BCUT2D eigenvalue weighted by molar-refractivity contribution is -0.870. The van der Waals surface area contributed by atoms with Crippen LogP contribution in [0.2, 0.25) is 0 Å². The lowest BCUT2D eigenvalue weighted by Gasteiger charge is -2.28. The summed E-state index contributed by atoms with van der Waals surface area (Å²) in [6.45, 7) is 9.45.